The highest BCUT2D eigenvalue weighted by atomic mass is 32.1. The SMILES string of the molecule is COc1cc(C(=O)N(Cc2cccnc2)c2nc3cc4c(cc3s2)OCCO4)cc(OC)c1OC. The lowest BCUT2D eigenvalue weighted by Gasteiger charge is -2.21. The van der Waals surface area contributed by atoms with E-state index in [-0.39, 0.29) is 12.5 Å². The average molecular weight is 494 g/mol. The van der Waals surface area contributed by atoms with Crippen LogP contribution in [0.3, 0.4) is 0 Å². The van der Waals surface area contributed by atoms with Gasteiger partial charge in [-0.05, 0) is 23.8 Å². The number of carbonyl (C=O) groups excluding carboxylic acids is 1. The van der Waals surface area contributed by atoms with Crippen LogP contribution >= 0.6 is 11.3 Å². The lowest BCUT2D eigenvalue weighted by atomic mass is 10.1. The van der Waals surface area contributed by atoms with Gasteiger partial charge in [0.2, 0.25) is 5.75 Å². The number of aromatic nitrogens is 2. The highest BCUT2D eigenvalue weighted by molar-refractivity contribution is 7.22. The second-order valence-corrected chi connectivity index (χ2v) is 8.64. The summed E-state index contributed by atoms with van der Waals surface area (Å²) in [7, 11) is 4.54. The minimum absolute atomic E-state index is 0.274. The second kappa shape index (κ2) is 9.67. The molecule has 3 heterocycles. The van der Waals surface area contributed by atoms with Crippen LogP contribution in [-0.2, 0) is 6.54 Å². The summed E-state index contributed by atoms with van der Waals surface area (Å²) in [5.41, 5.74) is 1.95. The summed E-state index contributed by atoms with van der Waals surface area (Å²) < 4.78 is 28.6. The molecule has 0 atom stereocenters. The molecule has 0 saturated carbocycles. The van der Waals surface area contributed by atoms with Gasteiger partial charge in [0.15, 0.2) is 28.1 Å². The number of methoxy groups -OCH3 is 3. The fourth-order valence-corrected chi connectivity index (χ4v) is 4.80. The maximum Gasteiger partial charge on any atom is 0.260 e. The molecule has 10 heteroatoms. The van der Waals surface area contributed by atoms with Crippen molar-refractivity contribution in [1.82, 2.24) is 9.97 Å². The molecule has 0 saturated heterocycles. The fourth-order valence-electron chi connectivity index (χ4n) is 3.83. The van der Waals surface area contributed by atoms with Crippen molar-refractivity contribution >= 4 is 32.6 Å². The Kier molecular flexibility index (Phi) is 6.28. The predicted octanol–water partition coefficient (Wildman–Crippen LogP) is 4.34. The molecule has 5 rings (SSSR count). The number of amides is 1. The van der Waals surface area contributed by atoms with Crippen LogP contribution in [0.5, 0.6) is 28.7 Å². The van der Waals surface area contributed by atoms with Gasteiger partial charge >= 0.3 is 0 Å². The first kappa shape index (κ1) is 22.7. The van der Waals surface area contributed by atoms with Crippen LogP contribution in [0.15, 0.2) is 48.8 Å². The molecule has 0 fully saturated rings. The van der Waals surface area contributed by atoms with E-state index < -0.39 is 0 Å². The number of pyridine rings is 1. The van der Waals surface area contributed by atoms with E-state index in [4.69, 9.17) is 28.7 Å². The van der Waals surface area contributed by atoms with Crippen LogP contribution < -0.4 is 28.6 Å². The van der Waals surface area contributed by atoms with E-state index in [9.17, 15) is 4.79 Å². The Labute approximate surface area is 205 Å². The standard InChI is InChI=1S/C25H23N3O6S/c1-30-20-9-16(10-21(31-2)23(20)32-3)24(29)28(14-15-5-4-6-26-13-15)25-27-17-11-18-19(12-22(17)35-25)34-8-7-33-18/h4-6,9-13H,7-8,14H2,1-3H3. The summed E-state index contributed by atoms with van der Waals surface area (Å²) in [6.45, 7) is 1.26. The first-order valence-corrected chi connectivity index (χ1v) is 11.6. The van der Waals surface area contributed by atoms with Crippen molar-refractivity contribution in [3.63, 3.8) is 0 Å². The van der Waals surface area contributed by atoms with Gasteiger partial charge in [0, 0.05) is 30.1 Å². The molecule has 0 radical (unpaired) electrons. The van der Waals surface area contributed by atoms with E-state index in [0.717, 1.165) is 15.8 Å². The summed E-state index contributed by atoms with van der Waals surface area (Å²) in [6.07, 6.45) is 3.42. The third-order valence-electron chi connectivity index (χ3n) is 5.49. The average Bonchev–Trinajstić information content (AvgIpc) is 3.32. The topological polar surface area (TPSA) is 92.2 Å². The minimum atomic E-state index is -0.274. The maximum atomic E-state index is 13.9. The molecule has 2 aromatic carbocycles. The molecule has 0 unspecified atom stereocenters. The van der Waals surface area contributed by atoms with Gasteiger partial charge in [-0.2, -0.15) is 0 Å². The molecular formula is C25H23N3O6S. The van der Waals surface area contributed by atoms with E-state index >= 15 is 0 Å². The number of fused-ring (bicyclic) bond motifs is 2. The van der Waals surface area contributed by atoms with E-state index in [0.29, 0.717) is 52.7 Å². The minimum Gasteiger partial charge on any atom is -0.493 e. The Morgan fingerprint density at radius 3 is 2.37 bits per heavy atom. The summed E-state index contributed by atoms with van der Waals surface area (Å²) in [4.78, 5) is 24.5. The highest BCUT2D eigenvalue weighted by Gasteiger charge is 2.26. The Balaban J connectivity index is 1.59. The highest BCUT2D eigenvalue weighted by Crippen LogP contribution is 2.41. The van der Waals surface area contributed by atoms with Crippen molar-refractivity contribution in [3.05, 3.63) is 59.9 Å². The lowest BCUT2D eigenvalue weighted by molar-refractivity contribution is 0.0984. The van der Waals surface area contributed by atoms with Crippen molar-refractivity contribution < 1.29 is 28.5 Å². The van der Waals surface area contributed by atoms with E-state index in [1.54, 1.807) is 29.4 Å². The number of thiazole rings is 1. The molecular weight excluding hydrogens is 470 g/mol. The molecule has 180 valence electrons. The van der Waals surface area contributed by atoms with Crippen LogP contribution in [0.1, 0.15) is 15.9 Å². The zero-order valence-corrected chi connectivity index (χ0v) is 20.3. The van der Waals surface area contributed by atoms with Gasteiger partial charge in [-0.25, -0.2) is 4.98 Å². The Morgan fingerprint density at radius 1 is 1.03 bits per heavy atom. The number of nitrogens with zero attached hydrogens (tertiary/aromatic N) is 3. The Hall–Kier alpha value is -4.05. The van der Waals surface area contributed by atoms with Crippen molar-refractivity contribution in [2.24, 2.45) is 0 Å². The second-order valence-electron chi connectivity index (χ2n) is 7.63. The molecule has 0 bridgehead atoms. The molecule has 0 N–H and O–H groups in total. The summed E-state index contributed by atoms with van der Waals surface area (Å²) in [6, 6.07) is 10.8. The van der Waals surface area contributed by atoms with Gasteiger partial charge in [0.1, 0.15) is 13.2 Å². The summed E-state index contributed by atoms with van der Waals surface area (Å²) >= 11 is 1.40. The number of benzene rings is 2. The van der Waals surface area contributed by atoms with Crippen molar-refractivity contribution in [2.75, 3.05) is 39.4 Å². The van der Waals surface area contributed by atoms with Gasteiger partial charge < -0.3 is 23.7 Å². The fraction of sp³-hybridized carbons (Fsp3) is 0.240. The normalized spacial score (nSPS) is 12.3. The van der Waals surface area contributed by atoms with Gasteiger partial charge in [0.05, 0.1) is 38.1 Å². The van der Waals surface area contributed by atoms with E-state index in [1.165, 1.54) is 32.7 Å². The number of anilines is 1. The molecule has 35 heavy (non-hydrogen) atoms. The number of ether oxygens (including phenoxy) is 5. The molecule has 1 amide bonds. The smallest absolute Gasteiger partial charge is 0.260 e. The number of hydrogen-bond acceptors (Lipinski definition) is 9. The van der Waals surface area contributed by atoms with Crippen molar-refractivity contribution in [3.8, 4) is 28.7 Å². The molecule has 9 nitrogen and oxygen atoms in total. The van der Waals surface area contributed by atoms with Crippen LogP contribution in [0.4, 0.5) is 5.13 Å². The molecule has 1 aliphatic heterocycles. The van der Waals surface area contributed by atoms with Crippen LogP contribution in [0.25, 0.3) is 10.2 Å². The Morgan fingerprint density at radius 2 is 1.74 bits per heavy atom. The summed E-state index contributed by atoms with van der Waals surface area (Å²) in [5.74, 6) is 2.25. The number of hydrogen-bond donors (Lipinski definition) is 0. The van der Waals surface area contributed by atoms with Gasteiger partial charge in [-0.15, -0.1) is 0 Å². The van der Waals surface area contributed by atoms with Gasteiger partial charge in [0.25, 0.3) is 5.91 Å². The predicted molar refractivity (Wildman–Crippen MR) is 131 cm³/mol. The van der Waals surface area contributed by atoms with Crippen LogP contribution in [-0.4, -0.2) is 50.4 Å². The molecule has 1 aliphatic rings. The Bertz CT molecular complexity index is 1310. The third-order valence-corrected chi connectivity index (χ3v) is 6.53. The number of rotatable bonds is 7. The summed E-state index contributed by atoms with van der Waals surface area (Å²) in [5, 5.41) is 0.532. The van der Waals surface area contributed by atoms with Gasteiger partial charge in [-0.3, -0.25) is 14.7 Å². The molecule has 2 aromatic heterocycles. The quantitative estimate of drug-likeness (QED) is 0.376. The molecule has 0 spiro atoms. The zero-order valence-electron chi connectivity index (χ0n) is 19.4. The van der Waals surface area contributed by atoms with E-state index in [1.807, 2.05) is 24.3 Å². The molecule has 0 aliphatic carbocycles. The molecule has 4 aromatic rings. The maximum absolute atomic E-state index is 13.9. The first-order valence-electron chi connectivity index (χ1n) is 10.8. The largest absolute Gasteiger partial charge is 0.493 e. The van der Waals surface area contributed by atoms with Crippen molar-refractivity contribution in [1.29, 1.82) is 0 Å². The zero-order chi connectivity index (χ0) is 24.4. The van der Waals surface area contributed by atoms with E-state index in [2.05, 4.69) is 4.98 Å². The lowest BCUT2D eigenvalue weighted by Crippen LogP contribution is -2.30. The first-order chi connectivity index (χ1) is 17.1. The van der Waals surface area contributed by atoms with Crippen LogP contribution in [0, 0.1) is 0 Å². The van der Waals surface area contributed by atoms with Crippen molar-refractivity contribution in [2.45, 2.75) is 6.54 Å². The monoisotopic (exact) mass is 493 g/mol. The van der Waals surface area contributed by atoms with Crippen LogP contribution in [0.2, 0.25) is 0 Å². The number of carbonyl (C=O) groups is 1. The third kappa shape index (κ3) is 4.40. The van der Waals surface area contributed by atoms with Gasteiger partial charge in [-0.1, -0.05) is 17.4 Å².